The molecule has 4 nitrogen and oxygen atoms in total. The van der Waals surface area contributed by atoms with Gasteiger partial charge in [-0.15, -0.1) is 0 Å². The Kier molecular flexibility index (Phi) is 5.77. The molecule has 4 heteroatoms. The van der Waals surface area contributed by atoms with Gasteiger partial charge in [-0.3, -0.25) is 0 Å². The summed E-state index contributed by atoms with van der Waals surface area (Å²) >= 11 is 0. The Morgan fingerprint density at radius 1 is 0.387 bits per heavy atom. The van der Waals surface area contributed by atoms with E-state index >= 15 is 0 Å². The summed E-state index contributed by atoms with van der Waals surface area (Å²) in [6, 6.07) is 23.7. The Morgan fingerprint density at radius 3 is 1.74 bits per heavy atom. The molecule has 0 fully saturated rings. The fourth-order valence-corrected chi connectivity index (χ4v) is 7.31. The molecule has 0 bridgehead atoms. The molecule has 0 radical (unpaired) electrons. The monoisotopic (exact) mass is 811 g/mol. The van der Waals surface area contributed by atoms with Gasteiger partial charge in [0.25, 0.3) is 0 Å². The standard InChI is InChI=1S/C58H39N3O/c1-5-15-40(16-6-1)42-27-29-44(30-28-42)53-39-54(60-58(59-53)45-19-9-3-10-20-45)51-25-14-26-55-57(51)52-36-33-47(38-56(52)62-55)43-31-34-49(35-32-43)61(48-22-11-4-12-23-48)50-24-13-21-46(37-50)41-17-7-2-8-18-41/h1-39H/i2D,4D,7D,8D,11D,12D,13D,17D,18D,21D,22D,23D,24D,31D,32D,34D,35D,37D. The minimum atomic E-state index is -1.02. The van der Waals surface area contributed by atoms with E-state index in [-0.39, 0.29) is 16.7 Å². The highest BCUT2D eigenvalue weighted by Crippen LogP contribution is 2.41. The molecule has 11 rings (SSSR count). The van der Waals surface area contributed by atoms with Gasteiger partial charge in [0.15, 0.2) is 5.82 Å². The number of aromatic nitrogens is 2. The van der Waals surface area contributed by atoms with E-state index in [2.05, 4.69) is 0 Å². The first-order valence-electron chi connectivity index (χ1n) is 28.4. The number of rotatable bonds is 9. The second-order valence-electron chi connectivity index (χ2n) is 14.0. The van der Waals surface area contributed by atoms with Crippen LogP contribution in [0.5, 0.6) is 0 Å². The van der Waals surface area contributed by atoms with Crippen LogP contribution in [-0.4, -0.2) is 9.97 Å². The van der Waals surface area contributed by atoms with Crippen LogP contribution in [0.1, 0.15) is 24.7 Å². The van der Waals surface area contributed by atoms with Crippen molar-refractivity contribution in [2.45, 2.75) is 0 Å². The van der Waals surface area contributed by atoms with Crippen molar-refractivity contribution in [3.63, 3.8) is 0 Å². The first-order chi connectivity index (χ1) is 38.2. The Morgan fingerprint density at radius 2 is 0.984 bits per heavy atom. The Bertz CT molecular complexity index is 4320. The lowest BCUT2D eigenvalue weighted by Crippen LogP contribution is -2.09. The van der Waals surface area contributed by atoms with Gasteiger partial charge < -0.3 is 9.32 Å². The molecule has 0 saturated carbocycles. The number of fused-ring (bicyclic) bond motifs is 3. The van der Waals surface area contributed by atoms with Gasteiger partial charge in [-0.05, 0) is 93.9 Å². The molecule has 0 amide bonds. The molecule has 0 atom stereocenters. The van der Waals surface area contributed by atoms with E-state index in [1.54, 1.807) is 24.3 Å². The third kappa shape index (κ3) is 7.10. The third-order valence-electron chi connectivity index (χ3n) is 10.2. The minimum Gasteiger partial charge on any atom is -0.456 e. The van der Waals surface area contributed by atoms with Crippen LogP contribution in [0.3, 0.4) is 0 Å². The molecule has 0 aliphatic rings. The first-order valence-corrected chi connectivity index (χ1v) is 19.4. The van der Waals surface area contributed by atoms with Crippen LogP contribution in [0.4, 0.5) is 17.1 Å². The smallest absolute Gasteiger partial charge is 0.160 e. The summed E-state index contributed by atoms with van der Waals surface area (Å²) < 4.78 is 167. The summed E-state index contributed by atoms with van der Waals surface area (Å²) in [5.41, 5.74) is 2.19. The molecule has 0 saturated heterocycles. The van der Waals surface area contributed by atoms with E-state index in [0.717, 1.165) is 22.3 Å². The Hall–Kier alpha value is -8.34. The van der Waals surface area contributed by atoms with Crippen LogP contribution in [0.25, 0.3) is 89.2 Å². The van der Waals surface area contributed by atoms with Crippen molar-refractivity contribution in [1.82, 2.24) is 9.97 Å². The highest BCUT2D eigenvalue weighted by Gasteiger charge is 2.18. The molecule has 0 unspecified atom stereocenters. The van der Waals surface area contributed by atoms with Gasteiger partial charge in [-0.25, -0.2) is 9.97 Å². The molecule has 0 aliphatic heterocycles. The maximum Gasteiger partial charge on any atom is 0.160 e. The van der Waals surface area contributed by atoms with Crippen molar-refractivity contribution in [2.75, 3.05) is 4.90 Å². The molecule has 9 aromatic carbocycles. The fourth-order valence-electron chi connectivity index (χ4n) is 7.31. The average molecular weight is 812 g/mol. The average Bonchev–Trinajstić information content (AvgIpc) is 3.97. The second kappa shape index (κ2) is 16.0. The zero-order valence-electron chi connectivity index (χ0n) is 50.4. The lowest BCUT2D eigenvalue weighted by molar-refractivity contribution is 0.669. The van der Waals surface area contributed by atoms with Crippen molar-refractivity contribution >= 4 is 39.0 Å². The maximum absolute atomic E-state index is 9.57. The highest BCUT2D eigenvalue weighted by atomic mass is 16.3. The van der Waals surface area contributed by atoms with E-state index in [0.29, 0.717) is 44.0 Å². The number of hydrogen-bond donors (Lipinski definition) is 0. The highest BCUT2D eigenvalue weighted by molar-refractivity contribution is 6.13. The van der Waals surface area contributed by atoms with Crippen molar-refractivity contribution < 1.29 is 29.1 Å². The minimum absolute atomic E-state index is 0.142. The molecule has 62 heavy (non-hydrogen) atoms. The van der Waals surface area contributed by atoms with Gasteiger partial charge in [0.1, 0.15) is 11.2 Å². The molecule has 0 N–H and O–H groups in total. The number of anilines is 3. The zero-order chi connectivity index (χ0) is 56.9. The predicted molar refractivity (Wildman–Crippen MR) is 257 cm³/mol. The van der Waals surface area contributed by atoms with Gasteiger partial charge in [-0.2, -0.15) is 0 Å². The zero-order valence-corrected chi connectivity index (χ0v) is 32.4. The van der Waals surface area contributed by atoms with E-state index in [4.69, 9.17) is 30.8 Å². The summed E-state index contributed by atoms with van der Waals surface area (Å²) in [5, 5.41) is 1.28. The summed E-state index contributed by atoms with van der Waals surface area (Å²) in [6.07, 6.45) is 0. The van der Waals surface area contributed by atoms with Gasteiger partial charge in [0.05, 0.1) is 36.1 Å². The van der Waals surface area contributed by atoms with E-state index in [9.17, 15) is 8.22 Å². The van der Waals surface area contributed by atoms with Crippen molar-refractivity contribution in [3.8, 4) is 67.3 Å². The summed E-state index contributed by atoms with van der Waals surface area (Å²) in [5.74, 6) is 0.482. The summed E-state index contributed by atoms with van der Waals surface area (Å²) in [7, 11) is 0. The van der Waals surface area contributed by atoms with Gasteiger partial charge >= 0.3 is 0 Å². The number of para-hydroxylation sites is 1. The number of furan rings is 1. The van der Waals surface area contributed by atoms with Crippen molar-refractivity contribution in [1.29, 1.82) is 0 Å². The number of nitrogens with zero attached hydrogens (tertiary/aromatic N) is 3. The number of benzene rings is 9. The van der Waals surface area contributed by atoms with Crippen LogP contribution in [0.15, 0.2) is 241 Å². The molecule has 0 aliphatic carbocycles. The second-order valence-corrected chi connectivity index (χ2v) is 14.0. The lowest BCUT2D eigenvalue weighted by Gasteiger charge is -2.26. The normalized spacial score (nSPS) is 15.3. The van der Waals surface area contributed by atoms with E-state index in [1.807, 2.05) is 103 Å². The van der Waals surface area contributed by atoms with Crippen LogP contribution >= 0.6 is 0 Å². The number of hydrogen-bond acceptors (Lipinski definition) is 4. The van der Waals surface area contributed by atoms with Crippen LogP contribution < -0.4 is 4.90 Å². The molecular weight excluding hydrogens is 755 g/mol. The molecule has 292 valence electrons. The first kappa shape index (κ1) is 22.3. The Balaban J connectivity index is 1.09. The summed E-state index contributed by atoms with van der Waals surface area (Å²) in [4.78, 5) is 10.6. The fraction of sp³-hybridized carbons (Fsp3) is 0. The van der Waals surface area contributed by atoms with E-state index in [1.165, 1.54) is 0 Å². The molecular formula is C58H39N3O. The van der Waals surface area contributed by atoms with Gasteiger partial charge in [0.2, 0.25) is 0 Å². The SMILES string of the molecule is [2H]c1c([2H])c([2H])c(-c2c([2H])c([2H])c([2H])c(N(c3c([2H])c([2H])c([2H])c([2H])c3[2H])c3c([2H])c([2H])c(-c4ccc5c(c4)oc4cccc(-c6cc(-c7ccc(-c8ccccc8)cc7)nc(-c7ccccc7)n6)c45)c([2H])c3[2H])c2[2H])c([2H])c1[2H]. The van der Waals surface area contributed by atoms with Crippen molar-refractivity contribution in [3.05, 3.63) is 236 Å². The maximum atomic E-state index is 9.57. The predicted octanol–water partition coefficient (Wildman–Crippen LogP) is 15.8. The molecule has 2 aromatic heterocycles. The van der Waals surface area contributed by atoms with Gasteiger partial charge in [0, 0.05) is 44.5 Å². The topological polar surface area (TPSA) is 42.2 Å². The largest absolute Gasteiger partial charge is 0.456 e. The molecule has 0 spiro atoms. The van der Waals surface area contributed by atoms with Crippen LogP contribution in [0.2, 0.25) is 0 Å². The van der Waals surface area contributed by atoms with E-state index < -0.39 is 137 Å². The molecule has 11 aromatic rings. The van der Waals surface area contributed by atoms with Crippen LogP contribution in [-0.2, 0) is 0 Å². The van der Waals surface area contributed by atoms with Crippen molar-refractivity contribution in [2.24, 2.45) is 0 Å². The Labute approximate surface area is 386 Å². The quantitative estimate of drug-likeness (QED) is 0.146. The summed E-state index contributed by atoms with van der Waals surface area (Å²) in [6.45, 7) is 0. The molecule has 2 heterocycles. The van der Waals surface area contributed by atoms with Crippen LogP contribution in [0, 0.1) is 0 Å². The lowest BCUT2D eigenvalue weighted by atomic mass is 9.98. The third-order valence-corrected chi connectivity index (χ3v) is 10.2. The van der Waals surface area contributed by atoms with Gasteiger partial charge in [-0.1, -0.05) is 176 Å².